The maximum absolute atomic E-state index is 11.9. The van der Waals surface area contributed by atoms with Crippen LogP contribution in [-0.4, -0.2) is 91.2 Å². The van der Waals surface area contributed by atoms with Crippen LogP contribution in [0.4, 0.5) is 0 Å². The minimum atomic E-state index is -0.139. The maximum Gasteiger partial charge on any atom is 0.305 e. The Bertz CT molecular complexity index is 632. The van der Waals surface area contributed by atoms with Crippen LogP contribution in [0.5, 0.6) is 0 Å². The zero-order valence-corrected chi connectivity index (χ0v) is 30.7. The second-order valence-electron chi connectivity index (χ2n) is 12.4. The topological polar surface area (TPSA) is 98.8 Å². The van der Waals surface area contributed by atoms with Crippen molar-refractivity contribution in [2.24, 2.45) is 0 Å². The maximum atomic E-state index is 11.9. The van der Waals surface area contributed by atoms with E-state index in [4.69, 9.17) is 33.2 Å². The van der Waals surface area contributed by atoms with E-state index in [1.807, 2.05) is 0 Å². The van der Waals surface area contributed by atoms with E-state index in [0.717, 1.165) is 25.7 Å². The van der Waals surface area contributed by atoms with Gasteiger partial charge in [-0.1, -0.05) is 129 Å². The molecule has 0 aliphatic carbocycles. The Morgan fingerprint density at radius 1 is 0.298 bits per heavy atom. The van der Waals surface area contributed by atoms with E-state index in [-0.39, 0.29) is 25.2 Å². The molecule has 0 heterocycles. The van der Waals surface area contributed by atoms with Crippen LogP contribution in [0.15, 0.2) is 0 Å². The summed E-state index contributed by atoms with van der Waals surface area (Å²) in [5, 5.41) is 0. The lowest BCUT2D eigenvalue weighted by Gasteiger charge is -2.09. The Hall–Kier alpha value is -1.26. The second-order valence-corrected chi connectivity index (χ2v) is 12.4. The van der Waals surface area contributed by atoms with Gasteiger partial charge in [0.25, 0.3) is 0 Å². The highest BCUT2D eigenvalue weighted by Crippen LogP contribution is 2.13. The molecule has 0 aromatic heterocycles. The molecule has 9 heteroatoms. The number of ether oxygens (including phenoxy) is 7. The van der Waals surface area contributed by atoms with Crippen molar-refractivity contribution in [2.75, 3.05) is 79.3 Å². The van der Waals surface area contributed by atoms with Gasteiger partial charge in [-0.05, 0) is 12.8 Å². The summed E-state index contributed by atoms with van der Waals surface area (Å²) in [4.78, 5) is 23.6. The second kappa shape index (κ2) is 40.9. The van der Waals surface area contributed by atoms with Gasteiger partial charge in [0.1, 0.15) is 13.2 Å². The Morgan fingerprint density at radius 2 is 0.511 bits per heavy atom. The molecule has 0 saturated carbocycles. The van der Waals surface area contributed by atoms with E-state index in [1.165, 1.54) is 103 Å². The summed E-state index contributed by atoms with van der Waals surface area (Å²) in [7, 11) is 0. The Labute approximate surface area is 288 Å². The molecule has 0 bridgehead atoms. The van der Waals surface area contributed by atoms with Crippen molar-refractivity contribution in [3.63, 3.8) is 0 Å². The molecule has 0 rings (SSSR count). The summed E-state index contributed by atoms with van der Waals surface area (Å²) < 4.78 is 37.8. The van der Waals surface area contributed by atoms with Crippen LogP contribution in [0, 0.1) is 0 Å². The van der Waals surface area contributed by atoms with Crippen molar-refractivity contribution in [1.82, 2.24) is 0 Å². The van der Waals surface area contributed by atoms with Crippen LogP contribution in [0.1, 0.15) is 155 Å². The summed E-state index contributed by atoms with van der Waals surface area (Å²) in [5.74, 6) is -0.270. The molecule has 47 heavy (non-hydrogen) atoms. The van der Waals surface area contributed by atoms with Crippen molar-refractivity contribution < 1.29 is 42.7 Å². The summed E-state index contributed by atoms with van der Waals surface area (Å²) in [6, 6.07) is 0. The van der Waals surface area contributed by atoms with Gasteiger partial charge in [-0.3, -0.25) is 9.59 Å². The van der Waals surface area contributed by atoms with Gasteiger partial charge in [-0.15, -0.1) is 0 Å². The minimum Gasteiger partial charge on any atom is -0.463 e. The summed E-state index contributed by atoms with van der Waals surface area (Å²) in [5.41, 5.74) is 0. The van der Waals surface area contributed by atoms with Crippen molar-refractivity contribution in [2.45, 2.75) is 155 Å². The fraction of sp³-hybridized carbons (Fsp3) is 0.947. The summed E-state index contributed by atoms with van der Waals surface area (Å²) in [6.45, 7) is 9.62. The molecule has 0 fully saturated rings. The van der Waals surface area contributed by atoms with Gasteiger partial charge in [0.05, 0.1) is 66.1 Å². The Balaban J connectivity index is 3.18. The molecule has 0 atom stereocenters. The smallest absolute Gasteiger partial charge is 0.305 e. The zero-order chi connectivity index (χ0) is 34.1. The summed E-state index contributed by atoms with van der Waals surface area (Å²) in [6.07, 6.45) is 26.2. The molecule has 0 spiro atoms. The van der Waals surface area contributed by atoms with Crippen molar-refractivity contribution in [3.05, 3.63) is 0 Å². The monoisotopic (exact) mass is 675 g/mol. The number of carbonyl (C=O) groups excluding carboxylic acids is 2. The van der Waals surface area contributed by atoms with Crippen LogP contribution in [0.25, 0.3) is 0 Å². The van der Waals surface area contributed by atoms with Gasteiger partial charge >= 0.3 is 11.9 Å². The molecule has 0 radical (unpaired) electrons. The minimum absolute atomic E-state index is 0.131. The third-order valence-corrected chi connectivity index (χ3v) is 7.94. The molecule has 0 aliphatic heterocycles. The molecule has 0 aromatic carbocycles. The average Bonchev–Trinajstić information content (AvgIpc) is 3.07. The first-order chi connectivity index (χ1) is 23.2. The number of esters is 2. The van der Waals surface area contributed by atoms with Crippen LogP contribution < -0.4 is 0 Å². The summed E-state index contributed by atoms with van der Waals surface area (Å²) >= 11 is 0. The third kappa shape index (κ3) is 40.8. The predicted molar refractivity (Wildman–Crippen MR) is 189 cm³/mol. The third-order valence-electron chi connectivity index (χ3n) is 7.94. The van der Waals surface area contributed by atoms with Gasteiger partial charge < -0.3 is 33.2 Å². The number of hydrogen-bond acceptors (Lipinski definition) is 9. The lowest BCUT2D eigenvalue weighted by atomic mass is 10.0. The molecule has 0 aromatic rings. The lowest BCUT2D eigenvalue weighted by Crippen LogP contribution is -2.15. The fourth-order valence-electron chi connectivity index (χ4n) is 5.07. The van der Waals surface area contributed by atoms with Gasteiger partial charge in [-0.25, -0.2) is 0 Å². The molecule has 0 unspecified atom stereocenters. The van der Waals surface area contributed by atoms with E-state index < -0.39 is 0 Å². The zero-order valence-electron chi connectivity index (χ0n) is 30.7. The molecular formula is C38H74O9. The van der Waals surface area contributed by atoms with Crippen LogP contribution in [-0.2, 0) is 42.7 Å². The Kier molecular flexibility index (Phi) is 39.8. The number of carbonyl (C=O) groups is 2. The highest BCUT2D eigenvalue weighted by Gasteiger charge is 2.04. The predicted octanol–water partition coefficient (Wildman–Crippen LogP) is 8.78. The first-order valence-electron chi connectivity index (χ1n) is 19.4. The highest BCUT2D eigenvalue weighted by atomic mass is 16.6. The van der Waals surface area contributed by atoms with E-state index in [0.29, 0.717) is 78.9 Å². The molecule has 0 amide bonds. The largest absolute Gasteiger partial charge is 0.463 e. The molecule has 0 N–H and O–H groups in total. The van der Waals surface area contributed by atoms with Gasteiger partial charge in [0.15, 0.2) is 0 Å². The van der Waals surface area contributed by atoms with E-state index in [2.05, 4.69) is 13.8 Å². The quantitative estimate of drug-likeness (QED) is 0.0467. The van der Waals surface area contributed by atoms with E-state index in [1.54, 1.807) is 0 Å². The normalized spacial score (nSPS) is 11.3. The molecular weight excluding hydrogens is 600 g/mol. The standard InChI is InChI=1S/C38H74O9/c1-3-5-7-9-11-12-13-14-15-16-18-20-22-24-38(40)47-36-34-45-32-30-43-28-26-41-25-27-42-29-31-44-33-35-46-37(39)23-21-19-17-10-8-6-4-2/h3-36H2,1-2H3. The molecule has 9 nitrogen and oxygen atoms in total. The van der Waals surface area contributed by atoms with Gasteiger partial charge in [-0.2, -0.15) is 0 Å². The SMILES string of the molecule is CCCCCCCCCCCCCCCC(=O)OCCOCCOCCOCCOCCOCCOC(=O)CCCCCCCCC. The van der Waals surface area contributed by atoms with Crippen molar-refractivity contribution >= 4 is 11.9 Å². The van der Waals surface area contributed by atoms with Crippen LogP contribution >= 0.6 is 0 Å². The fourth-order valence-corrected chi connectivity index (χ4v) is 5.07. The first kappa shape index (κ1) is 45.7. The van der Waals surface area contributed by atoms with E-state index >= 15 is 0 Å². The van der Waals surface area contributed by atoms with Crippen LogP contribution in [0.2, 0.25) is 0 Å². The van der Waals surface area contributed by atoms with Gasteiger partial charge in [0, 0.05) is 12.8 Å². The molecule has 0 saturated heterocycles. The number of hydrogen-bond donors (Lipinski definition) is 0. The number of unbranched alkanes of at least 4 members (excludes halogenated alkanes) is 18. The lowest BCUT2D eigenvalue weighted by molar-refractivity contribution is -0.146. The number of rotatable bonds is 40. The molecule has 0 aliphatic rings. The average molecular weight is 675 g/mol. The van der Waals surface area contributed by atoms with Gasteiger partial charge in [0.2, 0.25) is 0 Å². The highest BCUT2D eigenvalue weighted by molar-refractivity contribution is 5.69. The Morgan fingerprint density at radius 3 is 0.766 bits per heavy atom. The first-order valence-corrected chi connectivity index (χ1v) is 19.4. The van der Waals surface area contributed by atoms with Crippen molar-refractivity contribution in [1.29, 1.82) is 0 Å². The van der Waals surface area contributed by atoms with Crippen LogP contribution in [0.3, 0.4) is 0 Å². The van der Waals surface area contributed by atoms with Crippen molar-refractivity contribution in [3.8, 4) is 0 Å². The van der Waals surface area contributed by atoms with E-state index in [9.17, 15) is 9.59 Å². The molecule has 280 valence electrons.